The normalized spacial score (nSPS) is 10.9. The van der Waals surface area contributed by atoms with Gasteiger partial charge in [-0.2, -0.15) is 0 Å². The topological polar surface area (TPSA) is 64.2 Å². The van der Waals surface area contributed by atoms with Crippen molar-refractivity contribution >= 4 is 33.2 Å². The monoisotopic (exact) mass is 398 g/mol. The first kappa shape index (κ1) is 17.6. The van der Waals surface area contributed by atoms with Crippen molar-refractivity contribution in [1.29, 1.82) is 0 Å². The highest BCUT2D eigenvalue weighted by molar-refractivity contribution is 7.17. The van der Waals surface area contributed by atoms with Crippen molar-refractivity contribution in [3.05, 3.63) is 63.2 Å². The van der Waals surface area contributed by atoms with Gasteiger partial charge in [0.05, 0.1) is 19.6 Å². The van der Waals surface area contributed by atoms with Crippen LogP contribution in [-0.2, 0) is 0 Å². The number of ether oxygens (including phenoxy) is 2. The molecule has 0 spiro atoms. The Morgan fingerprint density at radius 1 is 1.04 bits per heavy atom. The molecule has 0 unspecified atom stereocenters. The first-order valence-electron chi connectivity index (χ1n) is 8.11. The van der Waals surface area contributed by atoms with Crippen molar-refractivity contribution in [2.45, 2.75) is 0 Å². The molecule has 0 amide bonds. The van der Waals surface area contributed by atoms with Gasteiger partial charge in [-0.1, -0.05) is 29.8 Å². The Kier molecular flexibility index (Phi) is 4.59. The second kappa shape index (κ2) is 7.06. The summed E-state index contributed by atoms with van der Waals surface area (Å²) in [6, 6.07) is 12.8. The maximum Gasteiger partial charge on any atom is 0.260 e. The van der Waals surface area contributed by atoms with Crippen LogP contribution in [0.4, 0.5) is 0 Å². The van der Waals surface area contributed by atoms with Gasteiger partial charge in [-0.3, -0.25) is 4.79 Å². The van der Waals surface area contributed by atoms with Crippen LogP contribution in [0, 0.1) is 0 Å². The molecular formula is C20H15ClN2O3S. The zero-order chi connectivity index (χ0) is 19.0. The number of nitrogens with zero attached hydrogens (tertiary/aromatic N) is 1. The van der Waals surface area contributed by atoms with Gasteiger partial charge in [0.1, 0.15) is 10.7 Å². The number of halogens is 1. The van der Waals surface area contributed by atoms with Gasteiger partial charge < -0.3 is 14.5 Å². The smallest absolute Gasteiger partial charge is 0.260 e. The van der Waals surface area contributed by atoms with Crippen molar-refractivity contribution in [2.75, 3.05) is 14.2 Å². The molecular weight excluding hydrogens is 384 g/mol. The Bertz CT molecular complexity index is 1200. The summed E-state index contributed by atoms with van der Waals surface area (Å²) in [4.78, 5) is 21.0. The molecule has 0 fully saturated rings. The molecule has 0 atom stereocenters. The van der Waals surface area contributed by atoms with E-state index >= 15 is 0 Å². The number of hydrogen-bond acceptors (Lipinski definition) is 5. The number of fused-ring (bicyclic) bond motifs is 1. The Morgan fingerprint density at radius 3 is 2.56 bits per heavy atom. The van der Waals surface area contributed by atoms with Crippen molar-refractivity contribution in [2.24, 2.45) is 0 Å². The molecule has 5 nitrogen and oxygen atoms in total. The van der Waals surface area contributed by atoms with E-state index in [-0.39, 0.29) is 5.56 Å². The Hall–Kier alpha value is -2.83. The molecule has 1 N–H and O–H groups in total. The van der Waals surface area contributed by atoms with Gasteiger partial charge in [0.25, 0.3) is 5.56 Å². The van der Waals surface area contributed by atoms with E-state index < -0.39 is 0 Å². The molecule has 0 aliphatic rings. The maximum absolute atomic E-state index is 12.8. The van der Waals surface area contributed by atoms with Crippen molar-refractivity contribution in [1.82, 2.24) is 9.97 Å². The predicted molar refractivity (Wildman–Crippen MR) is 109 cm³/mol. The van der Waals surface area contributed by atoms with E-state index in [1.165, 1.54) is 11.3 Å². The summed E-state index contributed by atoms with van der Waals surface area (Å²) < 4.78 is 10.6. The van der Waals surface area contributed by atoms with E-state index in [0.29, 0.717) is 32.6 Å². The molecule has 2 aromatic heterocycles. The van der Waals surface area contributed by atoms with Crippen molar-refractivity contribution < 1.29 is 9.47 Å². The van der Waals surface area contributed by atoms with Crippen molar-refractivity contribution in [3.8, 4) is 34.0 Å². The number of hydrogen-bond donors (Lipinski definition) is 1. The molecule has 27 heavy (non-hydrogen) atoms. The number of aromatic nitrogens is 2. The van der Waals surface area contributed by atoms with E-state index in [9.17, 15) is 4.79 Å². The molecule has 136 valence electrons. The fourth-order valence-electron chi connectivity index (χ4n) is 2.95. The van der Waals surface area contributed by atoms with Gasteiger partial charge in [0.15, 0.2) is 11.5 Å². The molecule has 0 saturated carbocycles. The third-order valence-electron chi connectivity index (χ3n) is 4.26. The Labute approximate surface area is 164 Å². The maximum atomic E-state index is 12.8. The molecule has 7 heteroatoms. The zero-order valence-electron chi connectivity index (χ0n) is 14.6. The number of methoxy groups -OCH3 is 2. The fourth-order valence-corrected chi connectivity index (χ4v) is 4.12. The highest BCUT2D eigenvalue weighted by Crippen LogP contribution is 2.36. The summed E-state index contributed by atoms with van der Waals surface area (Å²) >= 11 is 7.72. The molecule has 0 bridgehead atoms. The largest absolute Gasteiger partial charge is 0.493 e. The highest BCUT2D eigenvalue weighted by atomic mass is 35.5. The quantitative estimate of drug-likeness (QED) is 0.526. The third kappa shape index (κ3) is 3.07. The minimum absolute atomic E-state index is 0.207. The van der Waals surface area contributed by atoms with Gasteiger partial charge in [0, 0.05) is 27.1 Å². The fraction of sp³-hybridized carbons (Fsp3) is 0.100. The molecule has 4 rings (SSSR count). The van der Waals surface area contributed by atoms with Gasteiger partial charge in [-0.05, 0) is 24.3 Å². The first-order chi connectivity index (χ1) is 13.1. The average Bonchev–Trinajstić information content (AvgIpc) is 3.12. The SMILES string of the molecule is COc1ccc(-c2nc3scc(-c4ccccc4Cl)c3c(=O)[nH]2)cc1OC. The lowest BCUT2D eigenvalue weighted by atomic mass is 10.1. The van der Waals surface area contributed by atoms with E-state index in [1.807, 2.05) is 29.6 Å². The lowest BCUT2D eigenvalue weighted by Gasteiger charge is -2.09. The number of H-pyrrole nitrogens is 1. The van der Waals surface area contributed by atoms with Gasteiger partial charge in [0.2, 0.25) is 0 Å². The second-order valence-electron chi connectivity index (χ2n) is 5.79. The van der Waals surface area contributed by atoms with Gasteiger partial charge in [-0.15, -0.1) is 11.3 Å². The van der Waals surface area contributed by atoms with E-state index in [1.54, 1.807) is 32.4 Å². The summed E-state index contributed by atoms with van der Waals surface area (Å²) in [6.45, 7) is 0. The van der Waals surface area contributed by atoms with E-state index in [4.69, 9.17) is 21.1 Å². The van der Waals surface area contributed by atoms with Crippen molar-refractivity contribution in [3.63, 3.8) is 0 Å². The van der Waals surface area contributed by atoms with Crippen LogP contribution >= 0.6 is 22.9 Å². The summed E-state index contributed by atoms with van der Waals surface area (Å²) in [6.07, 6.45) is 0. The average molecular weight is 399 g/mol. The van der Waals surface area contributed by atoms with Crippen LogP contribution in [0.3, 0.4) is 0 Å². The summed E-state index contributed by atoms with van der Waals surface area (Å²) in [5.41, 5.74) is 2.13. The van der Waals surface area contributed by atoms with Crippen LogP contribution in [0.25, 0.3) is 32.7 Å². The standard InChI is InChI=1S/C20H15ClN2O3S/c1-25-15-8-7-11(9-16(15)26-2)18-22-19(24)17-13(10-27-20(17)23-18)12-5-3-4-6-14(12)21/h3-10H,1-2H3,(H,22,23,24). The predicted octanol–water partition coefficient (Wildman–Crippen LogP) is 4.99. The number of aromatic amines is 1. The van der Waals surface area contributed by atoms with Gasteiger partial charge in [-0.25, -0.2) is 4.98 Å². The second-order valence-corrected chi connectivity index (χ2v) is 7.06. The molecule has 0 radical (unpaired) electrons. The molecule has 0 aliphatic carbocycles. The molecule has 0 saturated heterocycles. The molecule has 4 aromatic rings. The molecule has 2 aromatic carbocycles. The van der Waals surface area contributed by atoms with Crippen LogP contribution in [0.2, 0.25) is 5.02 Å². The number of thiophene rings is 1. The van der Waals surface area contributed by atoms with Crippen LogP contribution in [0.15, 0.2) is 52.6 Å². The van der Waals surface area contributed by atoms with Crippen LogP contribution in [0.1, 0.15) is 0 Å². The summed E-state index contributed by atoms with van der Waals surface area (Å²) in [5.74, 6) is 1.66. The first-order valence-corrected chi connectivity index (χ1v) is 9.37. The Balaban J connectivity index is 1.87. The molecule has 2 heterocycles. The third-order valence-corrected chi connectivity index (χ3v) is 5.47. The Morgan fingerprint density at radius 2 is 1.81 bits per heavy atom. The number of nitrogens with one attached hydrogen (secondary N) is 1. The highest BCUT2D eigenvalue weighted by Gasteiger charge is 2.16. The lowest BCUT2D eigenvalue weighted by Crippen LogP contribution is -2.09. The van der Waals surface area contributed by atoms with Crippen LogP contribution in [-0.4, -0.2) is 24.2 Å². The summed E-state index contributed by atoms with van der Waals surface area (Å²) in [5, 5.41) is 3.05. The van der Waals surface area contributed by atoms with Gasteiger partial charge >= 0.3 is 0 Å². The van der Waals surface area contributed by atoms with E-state index in [2.05, 4.69) is 9.97 Å². The minimum Gasteiger partial charge on any atom is -0.493 e. The van der Waals surface area contributed by atoms with Crippen LogP contribution in [0.5, 0.6) is 11.5 Å². The minimum atomic E-state index is -0.207. The zero-order valence-corrected chi connectivity index (χ0v) is 16.1. The number of rotatable bonds is 4. The summed E-state index contributed by atoms with van der Waals surface area (Å²) in [7, 11) is 3.14. The van der Waals surface area contributed by atoms with Crippen LogP contribution < -0.4 is 15.0 Å². The molecule has 0 aliphatic heterocycles. The lowest BCUT2D eigenvalue weighted by molar-refractivity contribution is 0.355. The van der Waals surface area contributed by atoms with E-state index in [0.717, 1.165) is 16.7 Å². The number of benzene rings is 2.